The molecule has 0 spiro atoms. The fraction of sp³-hybridized carbons (Fsp3) is 0.529. The van der Waals surface area contributed by atoms with Crippen molar-refractivity contribution in [1.29, 1.82) is 0 Å². The first-order chi connectivity index (χ1) is 11.0. The van der Waals surface area contributed by atoms with Gasteiger partial charge in [-0.1, -0.05) is 23.2 Å². The lowest BCUT2D eigenvalue weighted by Crippen LogP contribution is -2.42. The van der Waals surface area contributed by atoms with Crippen LogP contribution >= 0.6 is 23.2 Å². The summed E-state index contributed by atoms with van der Waals surface area (Å²) in [7, 11) is 3.79. The van der Waals surface area contributed by atoms with Gasteiger partial charge in [0.25, 0.3) is 5.91 Å². The molecule has 0 aliphatic carbocycles. The number of benzene rings is 1. The van der Waals surface area contributed by atoms with Crippen LogP contribution in [0.5, 0.6) is 0 Å². The maximum atomic E-state index is 12.7. The summed E-state index contributed by atoms with van der Waals surface area (Å²) in [6.45, 7) is 6.22. The van der Waals surface area contributed by atoms with Gasteiger partial charge in [0.1, 0.15) is 12.1 Å². The molecule has 24 heavy (non-hydrogen) atoms. The number of amides is 1. The second kappa shape index (κ2) is 8.70. The Morgan fingerprint density at radius 1 is 1.04 bits per heavy atom. The molecule has 0 aliphatic heterocycles. The number of halogens is 2. The van der Waals surface area contributed by atoms with Crippen LogP contribution in [0.15, 0.2) is 18.2 Å². The van der Waals surface area contributed by atoms with Gasteiger partial charge in [-0.2, -0.15) is 0 Å². The molecule has 0 saturated heterocycles. The van der Waals surface area contributed by atoms with E-state index in [9.17, 15) is 9.59 Å². The van der Waals surface area contributed by atoms with E-state index >= 15 is 0 Å². The van der Waals surface area contributed by atoms with Crippen LogP contribution in [-0.2, 0) is 9.53 Å². The average molecular weight is 375 g/mol. The SMILES string of the molecule is CN(C)CCN(CC(=O)OC(C)(C)C)C(=O)c1cc(Cl)cc(Cl)c1. The normalized spacial score (nSPS) is 11.5. The molecular formula is C17H24Cl2N2O3. The summed E-state index contributed by atoms with van der Waals surface area (Å²) < 4.78 is 5.31. The molecule has 0 bridgehead atoms. The van der Waals surface area contributed by atoms with Crippen molar-refractivity contribution < 1.29 is 14.3 Å². The van der Waals surface area contributed by atoms with Gasteiger partial charge < -0.3 is 14.5 Å². The van der Waals surface area contributed by atoms with E-state index in [1.807, 2.05) is 19.0 Å². The molecule has 1 amide bonds. The molecule has 0 aromatic heterocycles. The van der Waals surface area contributed by atoms with E-state index in [1.165, 1.54) is 17.0 Å². The lowest BCUT2D eigenvalue weighted by Gasteiger charge is -2.26. The molecule has 0 heterocycles. The molecule has 0 unspecified atom stereocenters. The van der Waals surface area contributed by atoms with E-state index in [-0.39, 0.29) is 12.5 Å². The molecule has 0 radical (unpaired) electrons. The summed E-state index contributed by atoms with van der Waals surface area (Å²) in [6, 6.07) is 4.62. The smallest absolute Gasteiger partial charge is 0.326 e. The van der Waals surface area contributed by atoms with Gasteiger partial charge in [0.15, 0.2) is 0 Å². The Kier molecular flexibility index (Phi) is 7.52. The van der Waals surface area contributed by atoms with Gasteiger partial charge >= 0.3 is 5.97 Å². The molecule has 0 aliphatic rings. The van der Waals surface area contributed by atoms with Gasteiger partial charge in [-0.15, -0.1) is 0 Å². The molecule has 1 aromatic carbocycles. The zero-order valence-corrected chi connectivity index (χ0v) is 16.2. The number of carbonyl (C=O) groups excluding carboxylic acids is 2. The standard InChI is InChI=1S/C17H24Cl2N2O3/c1-17(2,3)24-15(22)11-21(7-6-20(4)5)16(23)12-8-13(18)10-14(19)9-12/h8-10H,6-7,11H2,1-5H3. The quantitative estimate of drug-likeness (QED) is 0.716. The molecule has 0 N–H and O–H groups in total. The highest BCUT2D eigenvalue weighted by molar-refractivity contribution is 6.35. The number of carbonyl (C=O) groups is 2. The van der Waals surface area contributed by atoms with E-state index in [1.54, 1.807) is 26.8 Å². The number of ether oxygens (including phenoxy) is 1. The molecular weight excluding hydrogens is 351 g/mol. The lowest BCUT2D eigenvalue weighted by molar-refractivity contribution is -0.155. The Balaban J connectivity index is 2.95. The molecule has 1 rings (SSSR count). The highest BCUT2D eigenvalue weighted by Crippen LogP contribution is 2.20. The van der Waals surface area contributed by atoms with Crippen LogP contribution in [0, 0.1) is 0 Å². The molecule has 0 saturated carbocycles. The van der Waals surface area contributed by atoms with Crippen molar-refractivity contribution in [1.82, 2.24) is 9.80 Å². The van der Waals surface area contributed by atoms with E-state index in [2.05, 4.69) is 0 Å². The second-order valence-electron chi connectivity index (χ2n) is 6.77. The van der Waals surface area contributed by atoms with Crippen molar-refractivity contribution in [3.8, 4) is 0 Å². The van der Waals surface area contributed by atoms with Crippen molar-refractivity contribution in [2.75, 3.05) is 33.7 Å². The first kappa shape index (κ1) is 20.7. The minimum Gasteiger partial charge on any atom is -0.459 e. The van der Waals surface area contributed by atoms with Gasteiger partial charge in [-0.25, -0.2) is 0 Å². The van der Waals surface area contributed by atoms with Crippen LogP contribution in [0.4, 0.5) is 0 Å². The Morgan fingerprint density at radius 2 is 1.58 bits per heavy atom. The largest absolute Gasteiger partial charge is 0.459 e. The van der Waals surface area contributed by atoms with Gasteiger partial charge in [0.05, 0.1) is 0 Å². The van der Waals surface area contributed by atoms with E-state index in [0.29, 0.717) is 28.7 Å². The summed E-state index contributed by atoms with van der Waals surface area (Å²) in [5, 5.41) is 0.742. The minimum absolute atomic E-state index is 0.131. The number of hydrogen-bond acceptors (Lipinski definition) is 4. The summed E-state index contributed by atoms with van der Waals surface area (Å²) in [5.41, 5.74) is -0.262. The first-order valence-corrected chi connectivity index (χ1v) is 8.35. The maximum Gasteiger partial charge on any atom is 0.326 e. The topological polar surface area (TPSA) is 49.9 Å². The van der Waals surface area contributed by atoms with E-state index < -0.39 is 11.6 Å². The third-order valence-corrected chi connectivity index (χ3v) is 3.39. The monoisotopic (exact) mass is 374 g/mol. The van der Waals surface area contributed by atoms with Crippen LogP contribution in [0.3, 0.4) is 0 Å². The lowest BCUT2D eigenvalue weighted by atomic mass is 10.2. The van der Waals surface area contributed by atoms with Crippen LogP contribution in [0.2, 0.25) is 10.0 Å². The maximum absolute atomic E-state index is 12.7. The average Bonchev–Trinajstić information content (AvgIpc) is 2.39. The van der Waals surface area contributed by atoms with Gasteiger partial charge in [-0.3, -0.25) is 9.59 Å². The molecule has 1 aromatic rings. The minimum atomic E-state index is -0.604. The summed E-state index contributed by atoms with van der Waals surface area (Å²) in [5.74, 6) is -0.769. The van der Waals surface area contributed by atoms with Crippen molar-refractivity contribution in [3.63, 3.8) is 0 Å². The van der Waals surface area contributed by atoms with Gasteiger partial charge in [0.2, 0.25) is 0 Å². The predicted octanol–water partition coefficient (Wildman–Crippen LogP) is 3.34. The van der Waals surface area contributed by atoms with E-state index in [4.69, 9.17) is 27.9 Å². The van der Waals surface area contributed by atoms with Crippen LogP contribution < -0.4 is 0 Å². The third kappa shape index (κ3) is 7.51. The molecule has 0 atom stereocenters. The fourth-order valence-corrected chi connectivity index (χ4v) is 2.49. The van der Waals surface area contributed by atoms with Crippen LogP contribution in [-0.4, -0.2) is 61.0 Å². The third-order valence-electron chi connectivity index (χ3n) is 2.95. The van der Waals surface area contributed by atoms with Crippen molar-refractivity contribution in [3.05, 3.63) is 33.8 Å². The highest BCUT2D eigenvalue weighted by atomic mass is 35.5. The molecule has 7 heteroatoms. The molecule has 5 nitrogen and oxygen atoms in total. The summed E-state index contributed by atoms with van der Waals surface area (Å²) in [6.07, 6.45) is 0. The number of hydrogen-bond donors (Lipinski definition) is 0. The number of nitrogens with zero attached hydrogens (tertiary/aromatic N) is 2. The van der Waals surface area contributed by atoms with Gasteiger partial charge in [0, 0.05) is 28.7 Å². The van der Waals surface area contributed by atoms with Gasteiger partial charge in [-0.05, 0) is 53.1 Å². The predicted molar refractivity (Wildman–Crippen MR) is 96.8 cm³/mol. The zero-order valence-electron chi connectivity index (χ0n) is 14.7. The Labute approximate surface area is 153 Å². The van der Waals surface area contributed by atoms with Crippen molar-refractivity contribution in [2.45, 2.75) is 26.4 Å². The highest BCUT2D eigenvalue weighted by Gasteiger charge is 2.23. The number of esters is 1. The number of likely N-dealkylation sites (N-methyl/N-ethyl adjacent to an activating group) is 1. The Hall–Kier alpha value is -1.30. The van der Waals surface area contributed by atoms with Crippen molar-refractivity contribution >= 4 is 35.1 Å². The van der Waals surface area contributed by atoms with Crippen LogP contribution in [0.1, 0.15) is 31.1 Å². The van der Waals surface area contributed by atoms with Crippen LogP contribution in [0.25, 0.3) is 0 Å². The van der Waals surface area contributed by atoms with Crippen molar-refractivity contribution in [2.24, 2.45) is 0 Å². The first-order valence-electron chi connectivity index (χ1n) is 7.60. The Morgan fingerprint density at radius 3 is 2.04 bits per heavy atom. The number of rotatable bonds is 6. The Bertz CT molecular complexity index is 578. The van der Waals surface area contributed by atoms with E-state index in [0.717, 1.165) is 0 Å². The molecule has 0 fully saturated rings. The molecule has 134 valence electrons. The fourth-order valence-electron chi connectivity index (χ4n) is 1.96. The summed E-state index contributed by atoms with van der Waals surface area (Å²) in [4.78, 5) is 28.2. The summed E-state index contributed by atoms with van der Waals surface area (Å²) >= 11 is 11.9. The second-order valence-corrected chi connectivity index (χ2v) is 7.65. The zero-order chi connectivity index (χ0) is 18.5.